The fourth-order valence-corrected chi connectivity index (χ4v) is 2.18. The number of likely N-dealkylation sites (N-methyl/N-ethyl adjacent to an activating group) is 1. The largest absolute Gasteiger partial charge is 0.358 e. The molecule has 80 valence electrons. The summed E-state index contributed by atoms with van der Waals surface area (Å²) in [5.41, 5.74) is 0. The minimum absolute atomic E-state index is 1.06. The van der Waals surface area contributed by atoms with Crippen LogP contribution in [0, 0.1) is 0 Å². The van der Waals surface area contributed by atoms with Crippen LogP contribution in [0.2, 0.25) is 0 Å². The quantitative estimate of drug-likeness (QED) is 0.578. The van der Waals surface area contributed by atoms with E-state index in [-0.39, 0.29) is 0 Å². The highest BCUT2D eigenvalue weighted by molar-refractivity contribution is 5.82. The molecule has 14 heavy (non-hydrogen) atoms. The Morgan fingerprint density at radius 1 is 1.00 bits per heavy atom. The standard InChI is InChI=1S/C11H21N3/c1-13-7-9-14(10-8-13)11-5-3-2-4-6-12-11/h2-10H2,1H3. The number of nitrogens with zero attached hydrogens (tertiary/aromatic N) is 3. The van der Waals surface area contributed by atoms with Crippen LogP contribution in [0.4, 0.5) is 0 Å². The summed E-state index contributed by atoms with van der Waals surface area (Å²) < 4.78 is 0. The highest BCUT2D eigenvalue weighted by atomic mass is 15.3. The number of aliphatic imine (C=N–C) groups is 1. The van der Waals surface area contributed by atoms with E-state index < -0.39 is 0 Å². The maximum Gasteiger partial charge on any atom is 0.0989 e. The normalized spacial score (nSPS) is 25.8. The Labute approximate surface area is 86.8 Å². The smallest absolute Gasteiger partial charge is 0.0989 e. The van der Waals surface area contributed by atoms with Crippen molar-refractivity contribution in [2.45, 2.75) is 25.7 Å². The first kappa shape index (κ1) is 9.97. The molecule has 3 heteroatoms. The Kier molecular flexibility index (Phi) is 3.40. The maximum atomic E-state index is 4.70. The predicted molar refractivity (Wildman–Crippen MR) is 59.8 cm³/mol. The van der Waals surface area contributed by atoms with Gasteiger partial charge in [-0.25, -0.2) is 0 Å². The van der Waals surface area contributed by atoms with Gasteiger partial charge < -0.3 is 9.80 Å². The van der Waals surface area contributed by atoms with E-state index >= 15 is 0 Å². The van der Waals surface area contributed by atoms with Crippen molar-refractivity contribution >= 4 is 5.84 Å². The lowest BCUT2D eigenvalue weighted by molar-refractivity contribution is 0.213. The van der Waals surface area contributed by atoms with Crippen LogP contribution in [0.5, 0.6) is 0 Å². The van der Waals surface area contributed by atoms with Gasteiger partial charge >= 0.3 is 0 Å². The van der Waals surface area contributed by atoms with Gasteiger partial charge in [-0.3, -0.25) is 4.99 Å². The van der Waals surface area contributed by atoms with E-state index in [2.05, 4.69) is 16.8 Å². The lowest BCUT2D eigenvalue weighted by Crippen LogP contribution is -2.47. The molecule has 0 aromatic rings. The van der Waals surface area contributed by atoms with Crippen LogP contribution in [0.1, 0.15) is 25.7 Å². The van der Waals surface area contributed by atoms with Crippen molar-refractivity contribution in [3.63, 3.8) is 0 Å². The molecule has 0 N–H and O–H groups in total. The van der Waals surface area contributed by atoms with E-state index in [1.54, 1.807) is 0 Å². The molecule has 0 atom stereocenters. The second-order valence-electron chi connectivity index (χ2n) is 4.40. The van der Waals surface area contributed by atoms with Gasteiger partial charge in [-0.15, -0.1) is 0 Å². The van der Waals surface area contributed by atoms with Crippen LogP contribution in [-0.2, 0) is 0 Å². The van der Waals surface area contributed by atoms with Gasteiger partial charge in [0.1, 0.15) is 0 Å². The van der Waals surface area contributed by atoms with Crippen molar-refractivity contribution in [1.29, 1.82) is 0 Å². The monoisotopic (exact) mass is 195 g/mol. The zero-order chi connectivity index (χ0) is 9.80. The van der Waals surface area contributed by atoms with E-state index in [0.717, 1.165) is 6.54 Å². The van der Waals surface area contributed by atoms with Gasteiger partial charge in [0.25, 0.3) is 0 Å². The third-order valence-corrected chi connectivity index (χ3v) is 3.22. The van der Waals surface area contributed by atoms with Crippen LogP contribution >= 0.6 is 0 Å². The average molecular weight is 195 g/mol. The summed E-state index contributed by atoms with van der Waals surface area (Å²) in [6.45, 7) is 5.80. The molecule has 1 fully saturated rings. The fourth-order valence-electron chi connectivity index (χ4n) is 2.18. The van der Waals surface area contributed by atoms with Gasteiger partial charge in [-0.05, 0) is 19.9 Å². The average Bonchev–Trinajstić information content (AvgIpc) is 2.47. The van der Waals surface area contributed by atoms with Crippen molar-refractivity contribution in [1.82, 2.24) is 9.80 Å². The number of piperazine rings is 1. The van der Waals surface area contributed by atoms with Crippen LogP contribution < -0.4 is 0 Å². The first-order valence-corrected chi connectivity index (χ1v) is 5.83. The number of hydrogen-bond acceptors (Lipinski definition) is 3. The van der Waals surface area contributed by atoms with Crippen molar-refractivity contribution in [2.24, 2.45) is 4.99 Å². The summed E-state index contributed by atoms with van der Waals surface area (Å²) in [5.74, 6) is 1.38. The molecule has 0 bridgehead atoms. The summed E-state index contributed by atoms with van der Waals surface area (Å²) in [7, 11) is 2.20. The molecule has 2 aliphatic heterocycles. The van der Waals surface area contributed by atoms with Crippen LogP contribution in [0.15, 0.2) is 4.99 Å². The SMILES string of the molecule is CN1CCN(C2=NCCCCC2)CC1. The Bertz CT molecular complexity index is 205. The summed E-state index contributed by atoms with van der Waals surface area (Å²) >= 11 is 0. The first-order valence-electron chi connectivity index (χ1n) is 5.83. The molecule has 2 aliphatic rings. The van der Waals surface area contributed by atoms with Gasteiger partial charge in [-0.2, -0.15) is 0 Å². The van der Waals surface area contributed by atoms with E-state index in [4.69, 9.17) is 4.99 Å². The molecule has 0 radical (unpaired) electrons. The molecule has 2 heterocycles. The van der Waals surface area contributed by atoms with Gasteiger partial charge in [0.2, 0.25) is 0 Å². The fraction of sp³-hybridized carbons (Fsp3) is 0.909. The maximum absolute atomic E-state index is 4.70. The summed E-state index contributed by atoms with van der Waals surface area (Å²) in [4.78, 5) is 9.58. The topological polar surface area (TPSA) is 18.8 Å². The highest BCUT2D eigenvalue weighted by Gasteiger charge is 2.17. The summed E-state index contributed by atoms with van der Waals surface area (Å²) in [5, 5.41) is 0. The van der Waals surface area contributed by atoms with Crippen molar-refractivity contribution < 1.29 is 0 Å². The lowest BCUT2D eigenvalue weighted by atomic mass is 10.2. The minimum Gasteiger partial charge on any atom is -0.358 e. The third-order valence-electron chi connectivity index (χ3n) is 3.22. The Hall–Kier alpha value is -0.570. The first-order chi connectivity index (χ1) is 6.86. The molecule has 0 unspecified atom stereocenters. The van der Waals surface area contributed by atoms with Crippen LogP contribution in [-0.4, -0.2) is 55.4 Å². The number of amidine groups is 1. The molecular weight excluding hydrogens is 174 g/mol. The number of hydrogen-bond donors (Lipinski definition) is 0. The molecule has 2 rings (SSSR count). The Morgan fingerprint density at radius 2 is 1.79 bits per heavy atom. The summed E-state index contributed by atoms with van der Waals surface area (Å²) in [6.07, 6.45) is 5.20. The van der Waals surface area contributed by atoms with Gasteiger partial charge in [0, 0.05) is 39.1 Å². The van der Waals surface area contributed by atoms with E-state index in [1.165, 1.54) is 57.7 Å². The van der Waals surface area contributed by atoms with Gasteiger partial charge in [-0.1, -0.05) is 6.42 Å². The predicted octanol–water partition coefficient (Wildman–Crippen LogP) is 1.21. The molecule has 0 aliphatic carbocycles. The highest BCUT2D eigenvalue weighted by Crippen LogP contribution is 2.11. The Morgan fingerprint density at radius 3 is 2.57 bits per heavy atom. The van der Waals surface area contributed by atoms with E-state index in [0.29, 0.717) is 0 Å². The number of rotatable bonds is 0. The van der Waals surface area contributed by atoms with Crippen LogP contribution in [0.3, 0.4) is 0 Å². The van der Waals surface area contributed by atoms with Crippen molar-refractivity contribution in [3.05, 3.63) is 0 Å². The molecule has 3 nitrogen and oxygen atoms in total. The van der Waals surface area contributed by atoms with Crippen molar-refractivity contribution in [2.75, 3.05) is 39.8 Å². The van der Waals surface area contributed by atoms with Gasteiger partial charge in [0.15, 0.2) is 0 Å². The van der Waals surface area contributed by atoms with E-state index in [1.807, 2.05) is 0 Å². The molecule has 0 aromatic heterocycles. The molecule has 0 amide bonds. The third kappa shape index (κ3) is 2.47. The Balaban J connectivity index is 1.90. The second-order valence-corrected chi connectivity index (χ2v) is 4.40. The molecule has 1 saturated heterocycles. The molecule has 0 spiro atoms. The molecule has 0 saturated carbocycles. The van der Waals surface area contributed by atoms with E-state index in [9.17, 15) is 0 Å². The second kappa shape index (κ2) is 4.78. The van der Waals surface area contributed by atoms with Gasteiger partial charge in [0.05, 0.1) is 5.84 Å². The zero-order valence-electron chi connectivity index (χ0n) is 9.21. The lowest BCUT2D eigenvalue weighted by Gasteiger charge is -2.34. The minimum atomic E-state index is 1.06. The van der Waals surface area contributed by atoms with Crippen LogP contribution in [0.25, 0.3) is 0 Å². The molecule has 0 aromatic carbocycles. The zero-order valence-corrected chi connectivity index (χ0v) is 9.21. The summed E-state index contributed by atoms with van der Waals surface area (Å²) in [6, 6.07) is 0. The van der Waals surface area contributed by atoms with Crippen molar-refractivity contribution in [3.8, 4) is 0 Å². The molecular formula is C11H21N3.